The molecule has 9 heteroatoms. The topological polar surface area (TPSA) is 55.8 Å². The van der Waals surface area contributed by atoms with Crippen LogP contribution in [-0.4, -0.2) is 26.2 Å². The third kappa shape index (κ3) is 3.73. The zero-order chi connectivity index (χ0) is 18.7. The fourth-order valence-electron chi connectivity index (χ4n) is 2.09. The lowest BCUT2D eigenvalue weighted by molar-refractivity contribution is -0.139. The van der Waals surface area contributed by atoms with Gasteiger partial charge in [-0.15, -0.1) is 0 Å². The lowest BCUT2D eigenvalue weighted by atomic mass is 10.1. The van der Waals surface area contributed by atoms with Gasteiger partial charge in [0.05, 0.1) is 40.0 Å². The van der Waals surface area contributed by atoms with Crippen molar-refractivity contribution >= 4 is 56.8 Å². The van der Waals surface area contributed by atoms with E-state index in [1.807, 2.05) is 0 Å². The van der Waals surface area contributed by atoms with E-state index in [2.05, 4.69) is 15.9 Å². The fraction of sp³-hybridized carbons (Fsp3) is 0.125. The summed E-state index contributed by atoms with van der Waals surface area (Å²) >= 11 is 15.0. The van der Waals surface area contributed by atoms with E-state index in [1.165, 1.54) is 43.5 Å². The van der Waals surface area contributed by atoms with Crippen LogP contribution in [0.2, 0.25) is 10.0 Å². The number of hydrogen-bond acceptors (Lipinski definition) is 5. The van der Waals surface area contributed by atoms with E-state index in [-0.39, 0.29) is 31.5 Å². The van der Waals surface area contributed by atoms with E-state index in [0.29, 0.717) is 0 Å². The van der Waals surface area contributed by atoms with E-state index >= 15 is 0 Å². The standard InChI is InChI=1S/C16H11BrCl2FNO4/c1-24-15(22)8-5-3-4-6-21(14(8)16(23)25-2)10-7-9(18)13(20)12(19)11(10)17/h3-7H,1-2H3. The maximum absolute atomic E-state index is 13.9. The molecule has 0 N–H and O–H groups in total. The summed E-state index contributed by atoms with van der Waals surface area (Å²) < 4.78 is 23.5. The number of hydrogen-bond donors (Lipinski definition) is 0. The van der Waals surface area contributed by atoms with Crippen molar-refractivity contribution in [1.29, 1.82) is 0 Å². The number of carbonyl (C=O) groups excluding carboxylic acids is 2. The minimum atomic E-state index is -0.812. The van der Waals surface area contributed by atoms with Gasteiger partial charge in [0, 0.05) is 6.20 Å². The van der Waals surface area contributed by atoms with Crippen LogP contribution in [0.5, 0.6) is 0 Å². The monoisotopic (exact) mass is 449 g/mol. The molecule has 1 aliphatic heterocycles. The van der Waals surface area contributed by atoms with Crippen LogP contribution in [0.15, 0.2) is 46.2 Å². The Labute approximate surface area is 161 Å². The molecule has 5 nitrogen and oxygen atoms in total. The molecular weight excluding hydrogens is 440 g/mol. The first-order valence-electron chi connectivity index (χ1n) is 6.71. The first kappa shape index (κ1) is 19.5. The smallest absolute Gasteiger partial charge is 0.355 e. The molecular formula is C16H11BrCl2FNO4. The Morgan fingerprint density at radius 3 is 2.40 bits per heavy atom. The highest BCUT2D eigenvalue weighted by molar-refractivity contribution is 9.10. The third-order valence-corrected chi connectivity index (χ3v) is 4.89. The molecule has 0 radical (unpaired) electrons. The van der Waals surface area contributed by atoms with Crippen molar-refractivity contribution in [2.75, 3.05) is 19.1 Å². The Hall–Kier alpha value is -1.83. The number of esters is 2. The molecule has 1 aromatic carbocycles. The van der Waals surface area contributed by atoms with Gasteiger partial charge in [-0.2, -0.15) is 0 Å². The van der Waals surface area contributed by atoms with Crippen LogP contribution in [0.1, 0.15) is 0 Å². The highest BCUT2D eigenvalue weighted by Gasteiger charge is 2.29. The Bertz CT molecular complexity index is 836. The van der Waals surface area contributed by atoms with Gasteiger partial charge in [-0.25, -0.2) is 14.0 Å². The van der Waals surface area contributed by atoms with Crippen molar-refractivity contribution < 1.29 is 23.5 Å². The number of anilines is 1. The maximum Gasteiger partial charge on any atom is 0.355 e. The lowest BCUT2D eigenvalue weighted by Gasteiger charge is -2.25. The Balaban J connectivity index is 2.78. The van der Waals surface area contributed by atoms with Crippen LogP contribution in [0.4, 0.5) is 10.1 Å². The molecule has 0 unspecified atom stereocenters. The molecule has 0 aromatic heterocycles. The zero-order valence-electron chi connectivity index (χ0n) is 13.0. The van der Waals surface area contributed by atoms with Gasteiger partial charge in [0.2, 0.25) is 0 Å². The summed E-state index contributed by atoms with van der Waals surface area (Å²) in [5.41, 5.74) is 0.0414. The number of benzene rings is 1. The van der Waals surface area contributed by atoms with E-state index in [1.54, 1.807) is 6.08 Å². The number of allylic oxidation sites excluding steroid dienone is 2. The molecule has 0 saturated heterocycles. The molecule has 25 heavy (non-hydrogen) atoms. The second kappa shape index (κ2) is 8.03. The number of rotatable bonds is 3. The van der Waals surface area contributed by atoms with E-state index in [4.69, 9.17) is 32.7 Å². The number of carbonyl (C=O) groups is 2. The highest BCUT2D eigenvalue weighted by atomic mass is 79.9. The van der Waals surface area contributed by atoms with Crippen LogP contribution < -0.4 is 4.90 Å². The van der Waals surface area contributed by atoms with Crippen LogP contribution >= 0.6 is 39.1 Å². The summed E-state index contributed by atoms with van der Waals surface area (Å²) in [6, 6.07) is 1.26. The quantitative estimate of drug-likeness (QED) is 0.388. The molecule has 132 valence electrons. The zero-order valence-corrected chi connectivity index (χ0v) is 16.1. The number of halogens is 4. The largest absolute Gasteiger partial charge is 0.465 e. The van der Waals surface area contributed by atoms with Crippen LogP contribution in [0.3, 0.4) is 0 Å². The van der Waals surface area contributed by atoms with Gasteiger partial charge < -0.3 is 14.4 Å². The summed E-state index contributed by atoms with van der Waals surface area (Å²) in [5.74, 6) is -2.37. The van der Waals surface area contributed by atoms with Gasteiger partial charge in [0.15, 0.2) is 5.82 Å². The predicted molar refractivity (Wildman–Crippen MR) is 95.9 cm³/mol. The Morgan fingerprint density at radius 2 is 1.80 bits per heavy atom. The second-order valence-electron chi connectivity index (χ2n) is 4.64. The van der Waals surface area contributed by atoms with Crippen molar-refractivity contribution in [1.82, 2.24) is 0 Å². The minimum absolute atomic E-state index is 0.0529. The SMILES string of the molecule is COC(=O)C1=C(C(=O)OC)N(c2cc(Cl)c(F)c(Cl)c2Br)C=CC=C1. The van der Waals surface area contributed by atoms with Gasteiger partial charge in [-0.3, -0.25) is 0 Å². The van der Waals surface area contributed by atoms with Crippen LogP contribution in [-0.2, 0) is 19.1 Å². The average molecular weight is 451 g/mol. The highest BCUT2D eigenvalue weighted by Crippen LogP contribution is 2.41. The van der Waals surface area contributed by atoms with Crippen molar-refractivity contribution in [2.45, 2.75) is 0 Å². The number of nitrogens with zero attached hydrogens (tertiary/aromatic N) is 1. The molecule has 0 fully saturated rings. The van der Waals surface area contributed by atoms with Gasteiger partial charge in [0.25, 0.3) is 0 Å². The van der Waals surface area contributed by atoms with E-state index < -0.39 is 17.8 Å². The molecule has 1 heterocycles. The van der Waals surface area contributed by atoms with Crippen molar-refractivity contribution in [3.63, 3.8) is 0 Å². The van der Waals surface area contributed by atoms with Crippen LogP contribution in [0, 0.1) is 5.82 Å². The van der Waals surface area contributed by atoms with Gasteiger partial charge >= 0.3 is 11.9 Å². The van der Waals surface area contributed by atoms with Gasteiger partial charge in [-0.1, -0.05) is 29.3 Å². The molecule has 0 aliphatic carbocycles. The molecule has 0 saturated carbocycles. The van der Waals surface area contributed by atoms with Crippen molar-refractivity contribution in [3.8, 4) is 0 Å². The molecule has 1 aromatic rings. The molecule has 0 spiro atoms. The average Bonchev–Trinajstić information content (AvgIpc) is 2.84. The molecule has 2 rings (SSSR count). The number of ether oxygens (including phenoxy) is 2. The fourth-order valence-corrected chi connectivity index (χ4v) is 3.01. The number of methoxy groups -OCH3 is 2. The Kier molecular flexibility index (Phi) is 6.26. The summed E-state index contributed by atoms with van der Waals surface area (Å²) in [4.78, 5) is 25.7. The van der Waals surface area contributed by atoms with Crippen LogP contribution in [0.25, 0.3) is 0 Å². The minimum Gasteiger partial charge on any atom is -0.465 e. The summed E-state index contributed by atoms with van der Waals surface area (Å²) in [6.07, 6.45) is 5.98. The first-order chi connectivity index (χ1) is 11.8. The maximum atomic E-state index is 13.9. The van der Waals surface area contributed by atoms with Crippen molar-refractivity contribution in [3.05, 3.63) is 62.1 Å². The lowest BCUT2D eigenvalue weighted by Crippen LogP contribution is -2.27. The Morgan fingerprint density at radius 1 is 1.16 bits per heavy atom. The van der Waals surface area contributed by atoms with Crippen molar-refractivity contribution in [2.24, 2.45) is 0 Å². The van der Waals surface area contributed by atoms with Gasteiger partial charge in [-0.05, 0) is 34.1 Å². The normalized spacial score (nSPS) is 13.8. The second-order valence-corrected chi connectivity index (χ2v) is 6.21. The summed E-state index contributed by atoms with van der Waals surface area (Å²) in [7, 11) is 2.35. The van der Waals surface area contributed by atoms with Gasteiger partial charge in [0.1, 0.15) is 5.70 Å². The molecule has 0 amide bonds. The van der Waals surface area contributed by atoms with E-state index in [9.17, 15) is 14.0 Å². The first-order valence-corrected chi connectivity index (χ1v) is 8.26. The molecule has 0 bridgehead atoms. The molecule has 0 atom stereocenters. The predicted octanol–water partition coefficient (Wildman–Crippen LogP) is 4.39. The summed E-state index contributed by atoms with van der Waals surface area (Å²) in [5, 5.41) is -0.519. The summed E-state index contributed by atoms with van der Waals surface area (Å²) in [6.45, 7) is 0. The third-order valence-electron chi connectivity index (χ3n) is 3.23. The van der Waals surface area contributed by atoms with E-state index in [0.717, 1.165) is 0 Å². The molecule has 1 aliphatic rings.